The van der Waals surface area contributed by atoms with E-state index in [4.69, 9.17) is 0 Å². The van der Waals surface area contributed by atoms with Crippen LogP contribution >= 0.6 is 0 Å². The summed E-state index contributed by atoms with van der Waals surface area (Å²) in [5, 5.41) is 12.2. The molecule has 1 unspecified atom stereocenters. The van der Waals surface area contributed by atoms with Crippen LogP contribution in [0.25, 0.3) is 0 Å². The first-order chi connectivity index (χ1) is 11.4. The Balaban J connectivity index is 1.76. The zero-order valence-corrected chi connectivity index (χ0v) is 15.2. The van der Waals surface area contributed by atoms with Gasteiger partial charge >= 0.3 is 6.03 Å². The van der Waals surface area contributed by atoms with Gasteiger partial charge in [-0.3, -0.25) is 4.90 Å². The third kappa shape index (κ3) is 6.13. The molecule has 2 N–H and O–H groups in total. The molecule has 2 rings (SSSR count). The van der Waals surface area contributed by atoms with Crippen LogP contribution in [0.1, 0.15) is 37.8 Å². The molecule has 1 aromatic carbocycles. The van der Waals surface area contributed by atoms with Gasteiger partial charge in [-0.25, -0.2) is 4.79 Å². The molecule has 24 heavy (non-hydrogen) atoms. The van der Waals surface area contributed by atoms with E-state index in [1.165, 1.54) is 36.4 Å². The monoisotopic (exact) mass is 333 g/mol. The van der Waals surface area contributed by atoms with E-state index in [9.17, 15) is 9.90 Å². The molecule has 0 aromatic heterocycles. The highest BCUT2D eigenvalue weighted by molar-refractivity contribution is 5.73. The van der Waals surface area contributed by atoms with Crippen LogP contribution in [0, 0.1) is 5.92 Å². The molecule has 0 bridgehead atoms. The van der Waals surface area contributed by atoms with Crippen molar-refractivity contribution in [2.24, 2.45) is 5.92 Å². The number of hydrogen-bond donors (Lipinski definition) is 2. The van der Waals surface area contributed by atoms with Gasteiger partial charge in [-0.15, -0.1) is 0 Å². The standard InChI is InChI=1S/C19H31N3O2/c1-15-8-10-22(11-9-15)14-18-6-4-17(5-7-18)12-20-19(24)21(3)13-16(2)23/h4-7,15-16,23H,8-14H2,1-3H3,(H,20,24). The van der Waals surface area contributed by atoms with Gasteiger partial charge in [0.1, 0.15) is 0 Å². The Labute approximate surface area is 145 Å². The Morgan fingerprint density at radius 3 is 2.46 bits per heavy atom. The first kappa shape index (κ1) is 18.7. The zero-order valence-electron chi connectivity index (χ0n) is 15.2. The predicted molar refractivity (Wildman–Crippen MR) is 96.7 cm³/mol. The Kier molecular flexibility index (Phi) is 7.06. The fourth-order valence-electron chi connectivity index (χ4n) is 3.03. The fraction of sp³-hybridized carbons (Fsp3) is 0.632. The zero-order chi connectivity index (χ0) is 17.5. The van der Waals surface area contributed by atoms with E-state index in [-0.39, 0.29) is 6.03 Å². The van der Waals surface area contributed by atoms with E-state index in [1.807, 2.05) is 0 Å². The number of urea groups is 1. The van der Waals surface area contributed by atoms with Gasteiger partial charge in [-0.2, -0.15) is 0 Å². The maximum atomic E-state index is 11.9. The quantitative estimate of drug-likeness (QED) is 0.841. The average molecular weight is 333 g/mol. The summed E-state index contributed by atoms with van der Waals surface area (Å²) < 4.78 is 0. The van der Waals surface area contributed by atoms with Crippen molar-refractivity contribution in [2.75, 3.05) is 26.7 Å². The van der Waals surface area contributed by atoms with Crippen molar-refractivity contribution in [1.82, 2.24) is 15.1 Å². The molecule has 134 valence electrons. The number of carbonyl (C=O) groups excluding carboxylic acids is 1. The van der Waals surface area contributed by atoms with Crippen LogP contribution < -0.4 is 5.32 Å². The van der Waals surface area contributed by atoms with Gasteiger partial charge in [-0.1, -0.05) is 31.2 Å². The third-order valence-corrected chi connectivity index (χ3v) is 4.63. The highest BCUT2D eigenvalue weighted by Gasteiger charge is 2.15. The smallest absolute Gasteiger partial charge is 0.317 e. The van der Waals surface area contributed by atoms with Crippen LogP contribution in [0.2, 0.25) is 0 Å². The summed E-state index contributed by atoms with van der Waals surface area (Å²) in [5.74, 6) is 0.860. The minimum atomic E-state index is -0.516. The number of nitrogens with zero attached hydrogens (tertiary/aromatic N) is 2. The predicted octanol–water partition coefficient (Wildman–Crippen LogP) is 2.44. The van der Waals surface area contributed by atoms with Crippen LogP contribution in [0.5, 0.6) is 0 Å². The largest absolute Gasteiger partial charge is 0.392 e. The first-order valence-corrected chi connectivity index (χ1v) is 8.91. The summed E-state index contributed by atoms with van der Waals surface area (Å²) in [7, 11) is 1.69. The number of likely N-dealkylation sites (tertiary alicyclic amines) is 1. The molecule has 5 nitrogen and oxygen atoms in total. The number of likely N-dealkylation sites (N-methyl/N-ethyl adjacent to an activating group) is 1. The number of benzene rings is 1. The van der Waals surface area contributed by atoms with Crippen LogP contribution in [-0.2, 0) is 13.1 Å². The fourth-order valence-corrected chi connectivity index (χ4v) is 3.03. The molecular formula is C19H31N3O2. The molecule has 5 heteroatoms. The van der Waals surface area contributed by atoms with Gasteiger partial charge in [0.2, 0.25) is 0 Å². The molecule has 1 heterocycles. The number of amides is 2. The van der Waals surface area contributed by atoms with E-state index >= 15 is 0 Å². The summed E-state index contributed by atoms with van der Waals surface area (Å²) in [5.41, 5.74) is 2.41. The molecule has 1 aliphatic heterocycles. The Hall–Kier alpha value is -1.59. The van der Waals surface area contributed by atoms with Crippen LogP contribution in [-0.4, -0.2) is 53.7 Å². The molecule has 0 radical (unpaired) electrons. The third-order valence-electron chi connectivity index (χ3n) is 4.63. The Morgan fingerprint density at radius 1 is 1.29 bits per heavy atom. The summed E-state index contributed by atoms with van der Waals surface area (Å²) in [6.45, 7) is 8.23. The van der Waals surface area contributed by atoms with Gasteiger partial charge in [0.15, 0.2) is 0 Å². The normalized spacial score (nSPS) is 17.5. The summed E-state index contributed by atoms with van der Waals surface area (Å²) in [6, 6.07) is 8.30. The highest BCUT2D eigenvalue weighted by atomic mass is 16.3. The maximum absolute atomic E-state index is 11.9. The topological polar surface area (TPSA) is 55.8 Å². The minimum Gasteiger partial charge on any atom is -0.392 e. The summed E-state index contributed by atoms with van der Waals surface area (Å²) in [4.78, 5) is 15.9. The van der Waals surface area contributed by atoms with E-state index in [0.717, 1.165) is 18.0 Å². The van der Waals surface area contributed by atoms with Crippen LogP contribution in [0.4, 0.5) is 4.79 Å². The van der Waals surface area contributed by atoms with Crippen molar-refractivity contribution in [1.29, 1.82) is 0 Å². The van der Waals surface area contributed by atoms with E-state index in [1.54, 1.807) is 14.0 Å². The van der Waals surface area contributed by atoms with Crippen molar-refractivity contribution in [3.05, 3.63) is 35.4 Å². The SMILES string of the molecule is CC(O)CN(C)C(=O)NCc1ccc(CN2CCC(C)CC2)cc1. The molecule has 1 aliphatic rings. The molecule has 1 atom stereocenters. The van der Waals surface area contributed by atoms with Gasteiger partial charge in [0, 0.05) is 26.7 Å². The minimum absolute atomic E-state index is 0.164. The van der Waals surface area contributed by atoms with Crippen molar-refractivity contribution in [3.8, 4) is 0 Å². The molecule has 1 fully saturated rings. The maximum Gasteiger partial charge on any atom is 0.317 e. The second-order valence-corrected chi connectivity index (χ2v) is 7.16. The molecule has 0 spiro atoms. The van der Waals surface area contributed by atoms with Crippen LogP contribution in [0.15, 0.2) is 24.3 Å². The van der Waals surface area contributed by atoms with Gasteiger partial charge in [-0.05, 0) is 49.9 Å². The lowest BCUT2D eigenvalue weighted by molar-refractivity contribution is 0.143. The lowest BCUT2D eigenvalue weighted by atomic mass is 9.99. The van der Waals surface area contributed by atoms with Gasteiger partial charge in [0.25, 0.3) is 0 Å². The van der Waals surface area contributed by atoms with Crippen molar-refractivity contribution < 1.29 is 9.90 Å². The molecule has 1 saturated heterocycles. The summed E-state index contributed by atoms with van der Waals surface area (Å²) in [6.07, 6.45) is 2.08. The first-order valence-electron chi connectivity index (χ1n) is 8.91. The number of aliphatic hydroxyl groups is 1. The van der Waals surface area contributed by atoms with Gasteiger partial charge < -0.3 is 15.3 Å². The number of aliphatic hydroxyl groups excluding tert-OH is 1. The van der Waals surface area contributed by atoms with Gasteiger partial charge in [0.05, 0.1) is 6.10 Å². The molecule has 0 aliphatic carbocycles. The molecule has 0 saturated carbocycles. The van der Waals surface area contributed by atoms with E-state index in [0.29, 0.717) is 13.1 Å². The number of carbonyl (C=O) groups is 1. The van der Waals surface area contributed by atoms with Crippen molar-refractivity contribution in [3.63, 3.8) is 0 Å². The second-order valence-electron chi connectivity index (χ2n) is 7.16. The summed E-state index contributed by atoms with van der Waals surface area (Å²) >= 11 is 0. The Morgan fingerprint density at radius 2 is 1.88 bits per heavy atom. The number of hydrogen-bond acceptors (Lipinski definition) is 3. The molecule has 2 amide bonds. The van der Waals surface area contributed by atoms with Crippen molar-refractivity contribution in [2.45, 2.75) is 45.9 Å². The van der Waals surface area contributed by atoms with Crippen LogP contribution in [0.3, 0.4) is 0 Å². The van der Waals surface area contributed by atoms with E-state index in [2.05, 4.69) is 41.4 Å². The number of rotatable bonds is 6. The average Bonchev–Trinajstić information content (AvgIpc) is 2.55. The number of nitrogens with one attached hydrogen (secondary N) is 1. The number of piperidine rings is 1. The lowest BCUT2D eigenvalue weighted by Gasteiger charge is -2.30. The molecule has 1 aromatic rings. The van der Waals surface area contributed by atoms with E-state index < -0.39 is 6.10 Å². The highest BCUT2D eigenvalue weighted by Crippen LogP contribution is 2.18. The van der Waals surface area contributed by atoms with Crippen molar-refractivity contribution >= 4 is 6.03 Å². The lowest BCUT2D eigenvalue weighted by Crippen LogP contribution is -2.40. The second kappa shape index (κ2) is 9.04. The Bertz CT molecular complexity index is 508. The molecular weight excluding hydrogens is 302 g/mol.